The van der Waals surface area contributed by atoms with Gasteiger partial charge in [-0.2, -0.15) is 0 Å². The smallest absolute Gasteiger partial charge is 0.231 e. The molecule has 0 N–H and O–H groups in total. The summed E-state index contributed by atoms with van der Waals surface area (Å²) in [6.07, 6.45) is 0. The average molecular weight is 323 g/mol. The minimum absolute atomic E-state index is 0.0821. The number of hydrogen-bond acceptors (Lipinski definition) is 4. The van der Waals surface area contributed by atoms with Crippen LogP contribution in [-0.2, 0) is 10.8 Å². The average Bonchev–Trinajstić information content (AvgIpc) is 2.95. The second-order valence-corrected chi connectivity index (χ2v) is 6.32. The van der Waals surface area contributed by atoms with Gasteiger partial charge in [-0.25, -0.2) is 0 Å². The fourth-order valence-corrected chi connectivity index (χ4v) is 3.08. The number of ketones is 1. The second kappa shape index (κ2) is 5.87. The molecule has 2 aromatic rings. The Labute approximate surface area is 129 Å². The summed E-state index contributed by atoms with van der Waals surface area (Å²) in [5.41, 5.74) is 0.460. The lowest BCUT2D eigenvalue weighted by Crippen LogP contribution is -2.11. The maximum absolute atomic E-state index is 12.2. The van der Waals surface area contributed by atoms with Gasteiger partial charge in [0.1, 0.15) is 0 Å². The quantitative estimate of drug-likeness (QED) is 0.812. The third-order valence-corrected chi connectivity index (χ3v) is 4.61. The SMILES string of the molecule is O=C(CS(=O)c1ccc(Cl)cc1)c1ccc2c(c1)OCO2. The lowest BCUT2D eigenvalue weighted by atomic mass is 10.1. The van der Waals surface area contributed by atoms with E-state index >= 15 is 0 Å². The molecule has 21 heavy (non-hydrogen) atoms. The minimum atomic E-state index is -1.40. The van der Waals surface area contributed by atoms with Gasteiger partial charge in [-0.15, -0.1) is 0 Å². The number of rotatable bonds is 4. The highest BCUT2D eigenvalue weighted by Crippen LogP contribution is 2.32. The Kier molecular flexibility index (Phi) is 3.94. The molecule has 0 bridgehead atoms. The minimum Gasteiger partial charge on any atom is -0.454 e. The van der Waals surface area contributed by atoms with E-state index in [2.05, 4.69) is 0 Å². The first-order chi connectivity index (χ1) is 10.1. The monoisotopic (exact) mass is 322 g/mol. The van der Waals surface area contributed by atoms with Crippen molar-refractivity contribution in [2.45, 2.75) is 4.90 Å². The van der Waals surface area contributed by atoms with Crippen LogP contribution in [0, 0.1) is 0 Å². The molecule has 1 atom stereocenters. The molecule has 0 fully saturated rings. The van der Waals surface area contributed by atoms with Crippen LogP contribution < -0.4 is 9.47 Å². The summed E-state index contributed by atoms with van der Waals surface area (Å²) in [6.45, 7) is 0.156. The van der Waals surface area contributed by atoms with Gasteiger partial charge in [0.15, 0.2) is 17.3 Å². The predicted molar refractivity (Wildman–Crippen MR) is 79.6 cm³/mol. The molecule has 0 aliphatic carbocycles. The maximum Gasteiger partial charge on any atom is 0.231 e. The van der Waals surface area contributed by atoms with E-state index in [1.165, 1.54) is 0 Å². The molecule has 4 nitrogen and oxygen atoms in total. The lowest BCUT2D eigenvalue weighted by Gasteiger charge is -2.04. The number of halogens is 1. The fourth-order valence-electron chi connectivity index (χ4n) is 1.94. The molecule has 3 rings (SSSR count). The van der Waals surface area contributed by atoms with E-state index in [1.807, 2.05) is 0 Å². The Morgan fingerprint density at radius 2 is 1.81 bits per heavy atom. The summed E-state index contributed by atoms with van der Waals surface area (Å²) < 4.78 is 22.6. The summed E-state index contributed by atoms with van der Waals surface area (Å²) in [4.78, 5) is 12.8. The van der Waals surface area contributed by atoms with Crippen molar-refractivity contribution in [3.63, 3.8) is 0 Å². The van der Waals surface area contributed by atoms with Crippen LogP contribution in [0.15, 0.2) is 47.4 Å². The van der Waals surface area contributed by atoms with Gasteiger partial charge >= 0.3 is 0 Å². The van der Waals surface area contributed by atoms with Crippen LogP contribution in [0.1, 0.15) is 10.4 Å². The van der Waals surface area contributed by atoms with Crippen molar-refractivity contribution in [3.05, 3.63) is 53.1 Å². The summed E-state index contributed by atoms with van der Waals surface area (Å²) >= 11 is 5.78. The zero-order chi connectivity index (χ0) is 14.8. The van der Waals surface area contributed by atoms with Gasteiger partial charge in [-0.1, -0.05) is 11.6 Å². The van der Waals surface area contributed by atoms with Crippen LogP contribution in [0.2, 0.25) is 5.02 Å². The van der Waals surface area contributed by atoms with Gasteiger partial charge in [-0.05, 0) is 42.5 Å². The number of ether oxygens (including phenoxy) is 2. The molecule has 108 valence electrons. The first kappa shape index (κ1) is 14.1. The Hall–Kier alpha value is -1.85. The highest BCUT2D eigenvalue weighted by atomic mass is 35.5. The molecule has 0 aromatic heterocycles. The number of Topliss-reactive ketones (excluding diaryl/α,β-unsaturated/α-hetero) is 1. The molecule has 0 saturated heterocycles. The third kappa shape index (κ3) is 3.09. The summed E-state index contributed by atoms with van der Waals surface area (Å²) in [7, 11) is -1.40. The number of carbonyl (C=O) groups is 1. The second-order valence-electron chi connectivity index (χ2n) is 4.43. The molecule has 1 aliphatic heterocycles. The molecule has 2 aromatic carbocycles. The van der Waals surface area contributed by atoms with Crippen molar-refractivity contribution in [3.8, 4) is 11.5 Å². The Bertz CT molecular complexity index is 712. The van der Waals surface area contributed by atoms with Crippen molar-refractivity contribution >= 4 is 28.2 Å². The van der Waals surface area contributed by atoms with Gasteiger partial charge in [0, 0.05) is 15.5 Å². The van der Waals surface area contributed by atoms with E-state index in [9.17, 15) is 9.00 Å². The molecular formula is C15H11ClO4S. The van der Waals surface area contributed by atoms with E-state index in [0.717, 1.165) is 0 Å². The van der Waals surface area contributed by atoms with Gasteiger partial charge in [-0.3, -0.25) is 9.00 Å². The van der Waals surface area contributed by atoms with Crippen LogP contribution in [0.4, 0.5) is 0 Å². The Morgan fingerprint density at radius 1 is 1.10 bits per heavy atom. The van der Waals surface area contributed by atoms with Gasteiger partial charge < -0.3 is 9.47 Å². The van der Waals surface area contributed by atoms with Crippen molar-refractivity contribution < 1.29 is 18.5 Å². The molecule has 6 heteroatoms. The summed E-state index contributed by atoms with van der Waals surface area (Å²) in [6, 6.07) is 11.6. The Balaban J connectivity index is 1.74. The summed E-state index contributed by atoms with van der Waals surface area (Å²) in [5, 5.41) is 0.567. The first-order valence-electron chi connectivity index (χ1n) is 6.20. The summed E-state index contributed by atoms with van der Waals surface area (Å²) in [5.74, 6) is 0.867. The van der Waals surface area contributed by atoms with Crippen LogP contribution >= 0.6 is 11.6 Å². The van der Waals surface area contributed by atoms with E-state index in [0.29, 0.717) is 27.0 Å². The van der Waals surface area contributed by atoms with Crippen LogP contribution in [0.25, 0.3) is 0 Å². The number of carbonyl (C=O) groups excluding carboxylic acids is 1. The van der Waals surface area contributed by atoms with Gasteiger partial charge in [0.05, 0.1) is 16.6 Å². The van der Waals surface area contributed by atoms with Crippen molar-refractivity contribution in [2.24, 2.45) is 0 Å². The Morgan fingerprint density at radius 3 is 2.57 bits per heavy atom. The zero-order valence-corrected chi connectivity index (χ0v) is 12.4. The van der Waals surface area contributed by atoms with Crippen molar-refractivity contribution in [1.82, 2.24) is 0 Å². The van der Waals surface area contributed by atoms with E-state index in [4.69, 9.17) is 21.1 Å². The molecule has 0 saturated carbocycles. The molecule has 0 amide bonds. The number of benzene rings is 2. The van der Waals surface area contributed by atoms with Crippen LogP contribution in [0.3, 0.4) is 0 Å². The molecule has 0 spiro atoms. The largest absolute Gasteiger partial charge is 0.454 e. The first-order valence-corrected chi connectivity index (χ1v) is 7.90. The maximum atomic E-state index is 12.2. The van der Waals surface area contributed by atoms with Crippen molar-refractivity contribution in [2.75, 3.05) is 12.5 Å². The normalized spacial score (nSPS) is 14.0. The molecule has 1 heterocycles. The lowest BCUT2D eigenvalue weighted by molar-refractivity contribution is 0.102. The molecule has 0 radical (unpaired) electrons. The number of hydrogen-bond donors (Lipinski definition) is 0. The van der Waals surface area contributed by atoms with Gasteiger partial charge in [0.25, 0.3) is 0 Å². The van der Waals surface area contributed by atoms with Crippen molar-refractivity contribution in [1.29, 1.82) is 0 Å². The standard InChI is InChI=1S/C15H11ClO4S/c16-11-2-4-12(5-3-11)21(18)8-13(17)10-1-6-14-15(7-10)20-9-19-14/h1-7H,8-9H2. The van der Waals surface area contributed by atoms with Crippen LogP contribution in [-0.4, -0.2) is 22.5 Å². The predicted octanol–water partition coefficient (Wildman–Crippen LogP) is 3.06. The highest BCUT2D eigenvalue weighted by Gasteiger charge is 2.18. The van der Waals surface area contributed by atoms with Gasteiger partial charge in [0.2, 0.25) is 6.79 Å². The third-order valence-electron chi connectivity index (χ3n) is 3.03. The van der Waals surface area contributed by atoms with Crippen LogP contribution in [0.5, 0.6) is 11.5 Å². The fraction of sp³-hybridized carbons (Fsp3) is 0.133. The molecule has 1 unspecified atom stereocenters. The molecule has 1 aliphatic rings. The molecular weight excluding hydrogens is 312 g/mol. The van der Waals surface area contributed by atoms with E-state index < -0.39 is 10.8 Å². The topological polar surface area (TPSA) is 52.6 Å². The van der Waals surface area contributed by atoms with E-state index in [-0.39, 0.29) is 18.3 Å². The number of fused-ring (bicyclic) bond motifs is 1. The van der Waals surface area contributed by atoms with E-state index in [1.54, 1.807) is 42.5 Å². The highest BCUT2D eigenvalue weighted by molar-refractivity contribution is 7.85. The zero-order valence-electron chi connectivity index (χ0n) is 10.9.